The average Bonchev–Trinajstić information content (AvgIpc) is 3.39. The molecule has 0 spiro atoms. The van der Waals surface area contributed by atoms with Crippen LogP contribution in [0.25, 0.3) is 11.4 Å². The van der Waals surface area contributed by atoms with Crippen molar-refractivity contribution in [1.82, 2.24) is 14.8 Å². The van der Waals surface area contributed by atoms with Crippen molar-refractivity contribution in [2.24, 2.45) is 0 Å². The third-order valence-electron chi connectivity index (χ3n) is 4.31. The first-order chi connectivity index (χ1) is 13.3. The van der Waals surface area contributed by atoms with Crippen LogP contribution in [0.2, 0.25) is 0 Å². The molecule has 6 heteroatoms. The molecule has 2 heterocycles. The van der Waals surface area contributed by atoms with Crippen molar-refractivity contribution in [3.05, 3.63) is 95.7 Å². The minimum atomic E-state index is -0.280. The van der Waals surface area contributed by atoms with Gasteiger partial charge in [0.2, 0.25) is 0 Å². The molecule has 0 aliphatic heterocycles. The maximum atomic E-state index is 9.00. The first-order valence-corrected chi connectivity index (χ1v) is 8.97. The van der Waals surface area contributed by atoms with E-state index >= 15 is 0 Å². The average molecular weight is 372 g/mol. The highest BCUT2D eigenvalue weighted by atomic mass is 32.1. The van der Waals surface area contributed by atoms with Gasteiger partial charge in [0, 0.05) is 5.56 Å². The fraction of sp³-hybridized carbons (Fsp3) is 0.0952. The first kappa shape index (κ1) is 17.1. The molecule has 0 bridgehead atoms. The molecule has 0 aliphatic rings. The zero-order valence-electron chi connectivity index (χ0n) is 14.4. The lowest BCUT2D eigenvalue weighted by molar-refractivity contribution is 0.490. The minimum Gasteiger partial charge on any atom is -0.467 e. The molecule has 27 heavy (non-hydrogen) atoms. The standard InChI is InChI=1S/C21H16N4OS/c22-13-15-8-10-16(11-9-15)19(27)21-24-23-20(17-5-2-1-3-6-17)25(21)14-18-7-4-12-26-18/h1-12,19,27H,14H2. The molecule has 1 unspecified atom stereocenters. The van der Waals surface area contributed by atoms with Crippen molar-refractivity contribution in [1.29, 1.82) is 5.26 Å². The van der Waals surface area contributed by atoms with E-state index in [2.05, 4.69) is 16.3 Å². The van der Waals surface area contributed by atoms with Crippen LogP contribution in [-0.4, -0.2) is 14.8 Å². The second-order valence-corrected chi connectivity index (χ2v) is 6.57. The van der Waals surface area contributed by atoms with Crippen LogP contribution in [-0.2, 0) is 6.54 Å². The summed E-state index contributed by atoms with van der Waals surface area (Å²) in [6.07, 6.45) is 1.65. The van der Waals surface area contributed by atoms with E-state index in [1.165, 1.54) is 0 Å². The Kier molecular flexibility index (Phi) is 4.77. The summed E-state index contributed by atoms with van der Waals surface area (Å²) < 4.78 is 7.55. The van der Waals surface area contributed by atoms with Crippen LogP contribution in [0.5, 0.6) is 0 Å². The highest BCUT2D eigenvalue weighted by Gasteiger charge is 2.21. The highest BCUT2D eigenvalue weighted by Crippen LogP contribution is 2.30. The highest BCUT2D eigenvalue weighted by molar-refractivity contribution is 7.80. The Morgan fingerprint density at radius 3 is 2.44 bits per heavy atom. The van der Waals surface area contributed by atoms with E-state index in [9.17, 15) is 0 Å². The smallest absolute Gasteiger partial charge is 0.164 e. The third kappa shape index (κ3) is 3.50. The van der Waals surface area contributed by atoms with Gasteiger partial charge in [0.15, 0.2) is 11.6 Å². The summed E-state index contributed by atoms with van der Waals surface area (Å²) in [7, 11) is 0. The van der Waals surface area contributed by atoms with E-state index < -0.39 is 0 Å². The maximum Gasteiger partial charge on any atom is 0.164 e. The van der Waals surface area contributed by atoms with E-state index in [1.54, 1.807) is 18.4 Å². The zero-order chi connectivity index (χ0) is 18.6. The topological polar surface area (TPSA) is 67.6 Å². The molecule has 0 aliphatic carbocycles. The number of aromatic nitrogens is 3. The van der Waals surface area contributed by atoms with E-state index in [1.807, 2.05) is 59.2 Å². The van der Waals surface area contributed by atoms with Crippen LogP contribution >= 0.6 is 12.6 Å². The summed E-state index contributed by atoms with van der Waals surface area (Å²) in [6, 6.07) is 23.2. The Labute approximate surface area is 162 Å². The number of benzene rings is 2. The van der Waals surface area contributed by atoms with Crippen LogP contribution < -0.4 is 0 Å². The van der Waals surface area contributed by atoms with E-state index in [0.717, 1.165) is 28.5 Å². The van der Waals surface area contributed by atoms with Gasteiger partial charge in [-0.2, -0.15) is 17.9 Å². The lowest BCUT2D eigenvalue weighted by Gasteiger charge is -2.14. The Morgan fingerprint density at radius 1 is 1.00 bits per heavy atom. The second-order valence-electron chi connectivity index (χ2n) is 6.05. The summed E-state index contributed by atoms with van der Waals surface area (Å²) in [4.78, 5) is 0. The van der Waals surface area contributed by atoms with Crippen molar-refractivity contribution in [3.8, 4) is 17.5 Å². The lowest BCUT2D eigenvalue weighted by Crippen LogP contribution is -2.09. The molecule has 0 saturated heterocycles. The van der Waals surface area contributed by atoms with Gasteiger partial charge in [0.05, 0.1) is 29.7 Å². The molecule has 1 atom stereocenters. The predicted octanol–water partition coefficient (Wildman–Crippen LogP) is 4.48. The van der Waals surface area contributed by atoms with Gasteiger partial charge in [0.25, 0.3) is 0 Å². The van der Waals surface area contributed by atoms with Gasteiger partial charge in [-0.15, -0.1) is 10.2 Å². The van der Waals surface area contributed by atoms with Gasteiger partial charge in [0.1, 0.15) is 5.76 Å². The summed E-state index contributed by atoms with van der Waals surface area (Å²) >= 11 is 4.78. The van der Waals surface area contributed by atoms with Crippen molar-refractivity contribution < 1.29 is 4.42 Å². The molecule has 0 amide bonds. The Hall–Kier alpha value is -3.30. The van der Waals surface area contributed by atoms with Gasteiger partial charge >= 0.3 is 0 Å². The van der Waals surface area contributed by atoms with Crippen molar-refractivity contribution in [2.45, 2.75) is 11.8 Å². The first-order valence-electron chi connectivity index (χ1n) is 8.45. The Morgan fingerprint density at radius 2 is 1.78 bits per heavy atom. The summed E-state index contributed by atoms with van der Waals surface area (Å²) in [5, 5.41) is 17.6. The Bertz CT molecular complexity index is 1060. The minimum absolute atomic E-state index is 0.280. The molecule has 2 aromatic carbocycles. The fourth-order valence-corrected chi connectivity index (χ4v) is 3.28. The molecule has 4 rings (SSSR count). The second kappa shape index (κ2) is 7.52. The molecule has 4 aromatic rings. The molecule has 0 N–H and O–H groups in total. The van der Waals surface area contributed by atoms with Crippen molar-refractivity contribution in [2.75, 3.05) is 0 Å². The number of hydrogen-bond acceptors (Lipinski definition) is 5. The Balaban J connectivity index is 1.77. The van der Waals surface area contributed by atoms with Gasteiger partial charge in [-0.05, 0) is 29.8 Å². The molecular weight excluding hydrogens is 356 g/mol. The van der Waals surface area contributed by atoms with E-state index in [4.69, 9.17) is 22.3 Å². The SMILES string of the molecule is N#Cc1ccc(C(S)c2nnc(-c3ccccc3)n2Cc2ccco2)cc1. The molecule has 2 aromatic heterocycles. The molecule has 0 radical (unpaired) electrons. The monoisotopic (exact) mass is 372 g/mol. The molecule has 5 nitrogen and oxygen atoms in total. The molecule has 132 valence electrons. The van der Waals surface area contributed by atoms with E-state index in [-0.39, 0.29) is 5.25 Å². The lowest BCUT2D eigenvalue weighted by atomic mass is 10.1. The molecular formula is C21H16N4OS. The van der Waals surface area contributed by atoms with Crippen LogP contribution in [0.4, 0.5) is 0 Å². The normalized spacial score (nSPS) is 11.9. The maximum absolute atomic E-state index is 9.00. The van der Waals surface area contributed by atoms with Crippen LogP contribution in [0.15, 0.2) is 77.4 Å². The van der Waals surface area contributed by atoms with Gasteiger partial charge in [-0.3, -0.25) is 0 Å². The summed E-state index contributed by atoms with van der Waals surface area (Å²) in [5.74, 6) is 2.29. The van der Waals surface area contributed by atoms with Crippen LogP contribution in [0.3, 0.4) is 0 Å². The number of rotatable bonds is 5. The third-order valence-corrected chi connectivity index (χ3v) is 4.83. The fourth-order valence-electron chi connectivity index (χ4n) is 2.92. The number of thiol groups is 1. The van der Waals surface area contributed by atoms with E-state index in [0.29, 0.717) is 12.1 Å². The van der Waals surface area contributed by atoms with Gasteiger partial charge < -0.3 is 8.98 Å². The van der Waals surface area contributed by atoms with Gasteiger partial charge in [-0.25, -0.2) is 0 Å². The van der Waals surface area contributed by atoms with Crippen molar-refractivity contribution in [3.63, 3.8) is 0 Å². The molecule has 0 saturated carbocycles. The summed E-state index contributed by atoms with van der Waals surface area (Å²) in [5.41, 5.74) is 2.54. The largest absolute Gasteiger partial charge is 0.467 e. The number of furan rings is 1. The quantitative estimate of drug-likeness (QED) is 0.525. The number of nitrogens with zero attached hydrogens (tertiary/aromatic N) is 4. The summed E-state index contributed by atoms with van der Waals surface area (Å²) in [6.45, 7) is 0.507. The molecule has 0 fully saturated rings. The predicted molar refractivity (Wildman–Crippen MR) is 105 cm³/mol. The van der Waals surface area contributed by atoms with Crippen LogP contribution in [0.1, 0.15) is 28.0 Å². The van der Waals surface area contributed by atoms with Crippen LogP contribution in [0, 0.1) is 11.3 Å². The van der Waals surface area contributed by atoms with Crippen molar-refractivity contribution >= 4 is 12.6 Å². The van der Waals surface area contributed by atoms with Gasteiger partial charge in [-0.1, -0.05) is 42.5 Å². The zero-order valence-corrected chi connectivity index (χ0v) is 15.3. The number of nitriles is 1. The number of hydrogen-bond donors (Lipinski definition) is 1.